The first-order valence-corrected chi connectivity index (χ1v) is 4.04. The summed E-state index contributed by atoms with van der Waals surface area (Å²) in [5.41, 5.74) is 0. The molecule has 1 N–H and O–H groups in total. The highest BCUT2D eigenvalue weighted by Crippen LogP contribution is 2.04. The van der Waals surface area contributed by atoms with Gasteiger partial charge in [0.05, 0.1) is 0 Å². The summed E-state index contributed by atoms with van der Waals surface area (Å²) in [7, 11) is 0. The number of nitrogens with one attached hydrogen (secondary N) is 1. The molecule has 0 saturated heterocycles. The van der Waals surface area contributed by atoms with Gasteiger partial charge < -0.3 is 5.32 Å². The second kappa shape index (κ2) is 4.94. The number of carbonyl (C=O) groups excluding carboxylic acids is 1. The van der Waals surface area contributed by atoms with Crippen molar-refractivity contribution in [2.45, 2.75) is 33.2 Å². The van der Waals surface area contributed by atoms with Gasteiger partial charge in [0.1, 0.15) is 0 Å². The molecule has 0 aromatic rings. The minimum atomic E-state index is -0.0782. The van der Waals surface area contributed by atoms with Crippen LogP contribution in [-0.4, -0.2) is 11.9 Å². The van der Waals surface area contributed by atoms with E-state index in [0.717, 1.165) is 6.42 Å². The zero-order valence-electron chi connectivity index (χ0n) is 7.55. The lowest BCUT2D eigenvalue weighted by molar-refractivity contribution is -0.117. The van der Waals surface area contributed by atoms with E-state index in [4.69, 9.17) is 0 Å². The second-order valence-corrected chi connectivity index (χ2v) is 2.97. The summed E-state index contributed by atoms with van der Waals surface area (Å²) < 4.78 is 0. The molecule has 64 valence electrons. The molecular formula is C9H17NO. The van der Waals surface area contributed by atoms with Gasteiger partial charge in [0.15, 0.2) is 0 Å². The molecule has 1 unspecified atom stereocenters. The first kappa shape index (κ1) is 10.2. The topological polar surface area (TPSA) is 29.1 Å². The van der Waals surface area contributed by atoms with Gasteiger partial charge in [-0.2, -0.15) is 0 Å². The Morgan fingerprint density at radius 1 is 1.64 bits per heavy atom. The Morgan fingerprint density at radius 2 is 2.18 bits per heavy atom. The molecular weight excluding hydrogens is 138 g/mol. The second-order valence-electron chi connectivity index (χ2n) is 2.97. The maximum atomic E-state index is 10.9. The standard InChI is InChI=1S/C9H17NO/c1-5-8(7(3)4)10-9(11)6-2/h6-8H,2,5H2,1,3-4H3,(H,10,11). The van der Waals surface area contributed by atoms with Gasteiger partial charge in [0.2, 0.25) is 5.91 Å². The van der Waals surface area contributed by atoms with Crippen molar-refractivity contribution < 1.29 is 4.79 Å². The van der Waals surface area contributed by atoms with Crippen molar-refractivity contribution in [3.05, 3.63) is 12.7 Å². The van der Waals surface area contributed by atoms with E-state index >= 15 is 0 Å². The lowest BCUT2D eigenvalue weighted by atomic mass is 10.0. The van der Waals surface area contributed by atoms with Crippen LogP contribution in [0.4, 0.5) is 0 Å². The molecule has 0 saturated carbocycles. The highest BCUT2D eigenvalue weighted by molar-refractivity contribution is 5.87. The van der Waals surface area contributed by atoms with Gasteiger partial charge in [-0.25, -0.2) is 0 Å². The van der Waals surface area contributed by atoms with Gasteiger partial charge in [0.25, 0.3) is 0 Å². The monoisotopic (exact) mass is 155 g/mol. The lowest BCUT2D eigenvalue weighted by Crippen LogP contribution is -2.36. The van der Waals surface area contributed by atoms with Crippen LogP contribution >= 0.6 is 0 Å². The van der Waals surface area contributed by atoms with Crippen LogP contribution in [0.2, 0.25) is 0 Å². The van der Waals surface area contributed by atoms with Gasteiger partial charge >= 0.3 is 0 Å². The van der Waals surface area contributed by atoms with Crippen molar-refractivity contribution >= 4 is 5.91 Å². The van der Waals surface area contributed by atoms with E-state index in [0.29, 0.717) is 5.92 Å². The van der Waals surface area contributed by atoms with Crippen molar-refractivity contribution in [1.82, 2.24) is 5.32 Å². The van der Waals surface area contributed by atoms with Gasteiger partial charge in [0, 0.05) is 6.04 Å². The summed E-state index contributed by atoms with van der Waals surface area (Å²) in [5, 5.41) is 2.86. The number of hydrogen-bond donors (Lipinski definition) is 1. The first-order chi connectivity index (χ1) is 5.11. The van der Waals surface area contributed by atoms with E-state index in [2.05, 4.69) is 32.7 Å². The van der Waals surface area contributed by atoms with Crippen LogP contribution in [0.3, 0.4) is 0 Å². The average molecular weight is 155 g/mol. The molecule has 0 radical (unpaired) electrons. The first-order valence-electron chi connectivity index (χ1n) is 4.04. The quantitative estimate of drug-likeness (QED) is 0.615. The van der Waals surface area contributed by atoms with E-state index in [9.17, 15) is 4.79 Å². The molecule has 0 bridgehead atoms. The van der Waals surface area contributed by atoms with E-state index in [1.54, 1.807) is 0 Å². The van der Waals surface area contributed by atoms with E-state index in [1.165, 1.54) is 6.08 Å². The fourth-order valence-corrected chi connectivity index (χ4v) is 0.982. The third-order valence-corrected chi connectivity index (χ3v) is 1.76. The van der Waals surface area contributed by atoms with Gasteiger partial charge in [-0.05, 0) is 18.4 Å². The van der Waals surface area contributed by atoms with Crippen LogP contribution < -0.4 is 5.32 Å². The van der Waals surface area contributed by atoms with Crippen molar-refractivity contribution in [2.75, 3.05) is 0 Å². The minimum absolute atomic E-state index is 0.0782. The molecule has 0 aliphatic heterocycles. The number of amides is 1. The maximum Gasteiger partial charge on any atom is 0.243 e. The minimum Gasteiger partial charge on any atom is -0.350 e. The molecule has 11 heavy (non-hydrogen) atoms. The molecule has 0 aromatic heterocycles. The Hall–Kier alpha value is -0.790. The molecule has 1 atom stereocenters. The molecule has 0 aliphatic rings. The summed E-state index contributed by atoms with van der Waals surface area (Å²) in [6, 6.07) is 0.278. The van der Waals surface area contributed by atoms with Crippen LogP contribution in [0, 0.1) is 5.92 Å². The fourth-order valence-electron chi connectivity index (χ4n) is 0.982. The molecule has 1 amide bonds. The van der Waals surface area contributed by atoms with Crippen LogP contribution in [-0.2, 0) is 4.79 Å². The molecule has 2 heteroatoms. The average Bonchev–Trinajstić information content (AvgIpc) is 1.99. The van der Waals surface area contributed by atoms with Gasteiger partial charge in [-0.15, -0.1) is 0 Å². The predicted octanol–water partition coefficient (Wildman–Crippen LogP) is 1.72. The molecule has 0 fully saturated rings. The van der Waals surface area contributed by atoms with E-state index in [-0.39, 0.29) is 11.9 Å². The van der Waals surface area contributed by atoms with Gasteiger partial charge in [-0.1, -0.05) is 27.4 Å². The van der Waals surface area contributed by atoms with Crippen molar-refractivity contribution in [3.63, 3.8) is 0 Å². The van der Waals surface area contributed by atoms with Crippen LogP contribution in [0.5, 0.6) is 0 Å². The van der Waals surface area contributed by atoms with Crippen LogP contribution in [0.1, 0.15) is 27.2 Å². The van der Waals surface area contributed by atoms with Crippen LogP contribution in [0.15, 0.2) is 12.7 Å². The zero-order chi connectivity index (χ0) is 8.85. The molecule has 0 spiro atoms. The summed E-state index contributed by atoms with van der Waals surface area (Å²) in [4.78, 5) is 10.9. The van der Waals surface area contributed by atoms with Gasteiger partial charge in [-0.3, -0.25) is 4.79 Å². The molecule has 0 heterocycles. The molecule has 2 nitrogen and oxygen atoms in total. The van der Waals surface area contributed by atoms with Crippen molar-refractivity contribution in [3.8, 4) is 0 Å². The Bertz CT molecular complexity index is 140. The smallest absolute Gasteiger partial charge is 0.243 e. The summed E-state index contributed by atoms with van der Waals surface area (Å²) >= 11 is 0. The van der Waals surface area contributed by atoms with E-state index < -0.39 is 0 Å². The third kappa shape index (κ3) is 3.81. The SMILES string of the molecule is C=CC(=O)NC(CC)C(C)C. The van der Waals surface area contributed by atoms with E-state index in [1.807, 2.05) is 0 Å². The fraction of sp³-hybridized carbons (Fsp3) is 0.667. The normalized spacial score (nSPS) is 12.7. The lowest BCUT2D eigenvalue weighted by Gasteiger charge is -2.19. The van der Waals surface area contributed by atoms with Crippen LogP contribution in [0.25, 0.3) is 0 Å². The number of rotatable bonds is 4. The Balaban J connectivity index is 3.87. The highest BCUT2D eigenvalue weighted by atomic mass is 16.1. The number of hydrogen-bond acceptors (Lipinski definition) is 1. The molecule has 0 aromatic carbocycles. The van der Waals surface area contributed by atoms with Crippen molar-refractivity contribution in [2.24, 2.45) is 5.92 Å². The number of carbonyl (C=O) groups is 1. The Morgan fingerprint density at radius 3 is 2.45 bits per heavy atom. The Labute approximate surface area is 68.7 Å². The molecule has 0 rings (SSSR count). The third-order valence-electron chi connectivity index (χ3n) is 1.76. The predicted molar refractivity (Wildman–Crippen MR) is 47.3 cm³/mol. The summed E-state index contributed by atoms with van der Waals surface area (Å²) in [6.07, 6.45) is 2.28. The maximum absolute atomic E-state index is 10.9. The highest BCUT2D eigenvalue weighted by Gasteiger charge is 2.11. The Kier molecular flexibility index (Phi) is 4.59. The zero-order valence-corrected chi connectivity index (χ0v) is 7.55. The summed E-state index contributed by atoms with van der Waals surface area (Å²) in [6.45, 7) is 9.65. The summed E-state index contributed by atoms with van der Waals surface area (Å²) in [5.74, 6) is 0.412. The molecule has 0 aliphatic carbocycles. The largest absolute Gasteiger partial charge is 0.350 e. The van der Waals surface area contributed by atoms with Crippen molar-refractivity contribution in [1.29, 1.82) is 0 Å².